The van der Waals surface area contributed by atoms with E-state index in [9.17, 15) is 9.59 Å². The Kier molecular flexibility index (Phi) is 8.82. The summed E-state index contributed by atoms with van der Waals surface area (Å²) in [4.78, 5) is 24.8. The van der Waals surface area contributed by atoms with Crippen LogP contribution in [0.2, 0.25) is 0 Å². The Labute approximate surface area is 172 Å². The lowest BCUT2D eigenvalue weighted by Gasteiger charge is -2.37. The lowest BCUT2D eigenvalue weighted by molar-refractivity contribution is -0.163. The molecule has 2 saturated carbocycles. The maximum Gasteiger partial charge on any atom is 0.306 e. The van der Waals surface area contributed by atoms with E-state index >= 15 is 0 Å². The van der Waals surface area contributed by atoms with Gasteiger partial charge >= 0.3 is 11.9 Å². The zero-order valence-electron chi connectivity index (χ0n) is 18.9. The van der Waals surface area contributed by atoms with Crippen molar-refractivity contribution in [1.82, 2.24) is 0 Å². The maximum absolute atomic E-state index is 12.4. The average Bonchev–Trinajstić information content (AvgIpc) is 2.59. The zero-order chi connectivity index (χ0) is 20.8. The summed E-state index contributed by atoms with van der Waals surface area (Å²) in [5, 5.41) is 0. The summed E-state index contributed by atoms with van der Waals surface area (Å²) >= 11 is 0. The van der Waals surface area contributed by atoms with E-state index in [-0.39, 0.29) is 37.0 Å². The average molecular weight is 395 g/mol. The van der Waals surface area contributed by atoms with Crippen LogP contribution in [-0.2, 0) is 19.1 Å². The summed E-state index contributed by atoms with van der Waals surface area (Å²) in [6.45, 7) is 13.3. The molecule has 0 aromatic rings. The van der Waals surface area contributed by atoms with Crippen molar-refractivity contribution in [3.8, 4) is 0 Å². The van der Waals surface area contributed by atoms with Crippen LogP contribution >= 0.6 is 0 Å². The van der Waals surface area contributed by atoms with E-state index in [1.54, 1.807) is 0 Å². The van der Waals surface area contributed by atoms with E-state index in [4.69, 9.17) is 9.47 Å². The van der Waals surface area contributed by atoms with Gasteiger partial charge in [0, 0.05) is 0 Å². The van der Waals surface area contributed by atoms with E-state index in [0.29, 0.717) is 35.5 Å². The Morgan fingerprint density at radius 1 is 0.714 bits per heavy atom. The van der Waals surface area contributed by atoms with Crippen molar-refractivity contribution in [2.75, 3.05) is 0 Å². The lowest BCUT2D eigenvalue weighted by atomic mass is 9.75. The van der Waals surface area contributed by atoms with Gasteiger partial charge in [-0.3, -0.25) is 9.59 Å². The molecule has 0 radical (unpaired) electrons. The van der Waals surface area contributed by atoms with Crippen LogP contribution in [0.15, 0.2) is 0 Å². The van der Waals surface area contributed by atoms with Gasteiger partial charge in [0.1, 0.15) is 12.2 Å². The molecule has 0 N–H and O–H groups in total. The summed E-state index contributed by atoms with van der Waals surface area (Å²) in [6.07, 6.45) is 6.79. The van der Waals surface area contributed by atoms with E-state index in [1.165, 1.54) is 12.8 Å². The first-order valence-corrected chi connectivity index (χ1v) is 11.6. The molecule has 0 amide bonds. The van der Waals surface area contributed by atoms with Gasteiger partial charge in [0.15, 0.2) is 0 Å². The quantitative estimate of drug-likeness (QED) is 0.514. The van der Waals surface area contributed by atoms with Crippen LogP contribution in [-0.4, -0.2) is 24.1 Å². The molecule has 2 aliphatic carbocycles. The predicted octanol–water partition coefficient (Wildman–Crippen LogP) is 5.77. The van der Waals surface area contributed by atoms with Gasteiger partial charge in [0.05, 0.1) is 12.8 Å². The van der Waals surface area contributed by atoms with Crippen LogP contribution in [0.5, 0.6) is 0 Å². The highest BCUT2D eigenvalue weighted by atomic mass is 16.6. The molecule has 0 saturated heterocycles. The number of hydrogen-bond donors (Lipinski definition) is 0. The predicted molar refractivity (Wildman–Crippen MR) is 112 cm³/mol. The number of rotatable bonds is 7. The smallest absolute Gasteiger partial charge is 0.306 e. The molecule has 2 rings (SSSR count). The van der Waals surface area contributed by atoms with Crippen molar-refractivity contribution in [2.45, 2.75) is 105 Å². The molecule has 0 aliphatic heterocycles. The third kappa shape index (κ3) is 6.77. The molecule has 0 aromatic carbocycles. The monoisotopic (exact) mass is 394 g/mol. The first-order valence-electron chi connectivity index (χ1n) is 11.6. The molecule has 0 aromatic heterocycles. The van der Waals surface area contributed by atoms with Crippen molar-refractivity contribution in [2.24, 2.45) is 35.5 Å². The van der Waals surface area contributed by atoms with Gasteiger partial charge in [-0.1, -0.05) is 54.4 Å². The zero-order valence-corrected chi connectivity index (χ0v) is 18.9. The number of esters is 2. The minimum atomic E-state index is -0.251. The van der Waals surface area contributed by atoms with E-state index < -0.39 is 0 Å². The van der Waals surface area contributed by atoms with Gasteiger partial charge in [0.25, 0.3) is 0 Å². The fraction of sp³-hybridized carbons (Fsp3) is 0.917. The Balaban J connectivity index is 1.80. The van der Waals surface area contributed by atoms with Gasteiger partial charge in [-0.25, -0.2) is 0 Å². The highest BCUT2D eigenvalue weighted by Gasteiger charge is 2.35. The molecule has 2 aliphatic rings. The summed E-state index contributed by atoms with van der Waals surface area (Å²) in [5.41, 5.74) is 0. The lowest BCUT2D eigenvalue weighted by Crippen LogP contribution is -2.36. The summed E-state index contributed by atoms with van der Waals surface area (Å²) < 4.78 is 11.6. The van der Waals surface area contributed by atoms with Gasteiger partial charge in [-0.05, 0) is 61.2 Å². The van der Waals surface area contributed by atoms with Crippen molar-refractivity contribution in [3.63, 3.8) is 0 Å². The van der Waals surface area contributed by atoms with Crippen molar-refractivity contribution < 1.29 is 19.1 Å². The van der Waals surface area contributed by atoms with E-state index in [0.717, 1.165) is 25.7 Å². The second kappa shape index (κ2) is 10.6. The Morgan fingerprint density at radius 2 is 1.07 bits per heavy atom. The third-order valence-corrected chi connectivity index (χ3v) is 7.02. The fourth-order valence-corrected chi connectivity index (χ4v) is 5.16. The molecule has 28 heavy (non-hydrogen) atoms. The van der Waals surface area contributed by atoms with Crippen LogP contribution in [0.1, 0.15) is 92.9 Å². The third-order valence-electron chi connectivity index (χ3n) is 7.02. The highest BCUT2D eigenvalue weighted by Crippen LogP contribution is 2.36. The molecule has 6 atom stereocenters. The molecule has 4 heteroatoms. The van der Waals surface area contributed by atoms with Crippen LogP contribution in [0.4, 0.5) is 0 Å². The summed E-state index contributed by atoms with van der Waals surface area (Å²) in [5.74, 6) is 2.58. The standard InChI is InChI=1S/C24H42O4/c1-15(2)19-9-7-17(5)13-21(19)27-23(25)11-12-24(26)28-22-14-18(6)8-10-20(22)16(3)4/h15-22H,7-14H2,1-6H3/t17?,18?,19-,20?,21?,22?/m0/s1. The molecule has 2 fully saturated rings. The van der Waals surface area contributed by atoms with Gasteiger partial charge < -0.3 is 9.47 Å². The SMILES string of the molecule is CC1CCC(C(C)C)C(OC(=O)CCC(=O)OC2CC(C)CC[C@H]2C(C)C)C1. The van der Waals surface area contributed by atoms with Crippen molar-refractivity contribution >= 4 is 11.9 Å². The first-order chi connectivity index (χ1) is 13.2. The van der Waals surface area contributed by atoms with Crippen LogP contribution in [0, 0.1) is 35.5 Å². The van der Waals surface area contributed by atoms with Gasteiger partial charge in [0.2, 0.25) is 0 Å². The molecular weight excluding hydrogens is 352 g/mol. The fourth-order valence-electron chi connectivity index (χ4n) is 5.16. The Hall–Kier alpha value is -1.06. The Morgan fingerprint density at radius 3 is 1.39 bits per heavy atom. The molecular formula is C24H42O4. The van der Waals surface area contributed by atoms with Crippen molar-refractivity contribution in [3.05, 3.63) is 0 Å². The largest absolute Gasteiger partial charge is 0.462 e. The van der Waals surface area contributed by atoms with Crippen molar-refractivity contribution in [1.29, 1.82) is 0 Å². The second-order valence-corrected chi connectivity index (χ2v) is 10.2. The normalized spacial score (nSPS) is 33.7. The second-order valence-electron chi connectivity index (χ2n) is 10.2. The van der Waals surface area contributed by atoms with Gasteiger partial charge in [-0.15, -0.1) is 0 Å². The molecule has 4 nitrogen and oxygen atoms in total. The van der Waals surface area contributed by atoms with Crippen LogP contribution < -0.4 is 0 Å². The van der Waals surface area contributed by atoms with E-state index in [2.05, 4.69) is 41.5 Å². The molecule has 162 valence electrons. The molecule has 0 heterocycles. The summed E-state index contributed by atoms with van der Waals surface area (Å²) in [7, 11) is 0. The van der Waals surface area contributed by atoms with Crippen LogP contribution in [0.25, 0.3) is 0 Å². The minimum absolute atomic E-state index is 0.00298. The molecule has 0 spiro atoms. The highest BCUT2D eigenvalue weighted by molar-refractivity contribution is 5.77. The van der Waals surface area contributed by atoms with Crippen LogP contribution in [0.3, 0.4) is 0 Å². The molecule has 5 unspecified atom stereocenters. The number of carbonyl (C=O) groups excluding carboxylic acids is 2. The topological polar surface area (TPSA) is 52.6 Å². The maximum atomic E-state index is 12.4. The molecule has 0 bridgehead atoms. The van der Waals surface area contributed by atoms with E-state index in [1.807, 2.05) is 0 Å². The number of ether oxygens (including phenoxy) is 2. The van der Waals surface area contributed by atoms with Gasteiger partial charge in [-0.2, -0.15) is 0 Å². The number of hydrogen-bond acceptors (Lipinski definition) is 4. The first kappa shape index (κ1) is 23.2. The Bertz CT molecular complexity index is 467. The summed E-state index contributed by atoms with van der Waals surface area (Å²) in [6, 6.07) is 0. The number of carbonyl (C=O) groups is 2. The minimum Gasteiger partial charge on any atom is -0.462 e.